The van der Waals surface area contributed by atoms with Crippen LogP contribution in [0.4, 0.5) is 5.82 Å². The third-order valence-corrected chi connectivity index (χ3v) is 3.14. The smallest absolute Gasteiger partial charge is 0.244 e. The lowest BCUT2D eigenvalue weighted by Crippen LogP contribution is -2.39. The number of likely N-dealkylation sites (N-methyl/N-ethyl adjacent to an activating group) is 1. The van der Waals surface area contributed by atoms with E-state index in [1.54, 1.807) is 16.9 Å². The predicted molar refractivity (Wildman–Crippen MR) is 67.9 cm³/mol. The third kappa shape index (κ3) is 3.22. The highest BCUT2D eigenvalue weighted by atomic mass is 16.5. The van der Waals surface area contributed by atoms with Crippen molar-refractivity contribution in [2.75, 3.05) is 25.4 Å². The van der Waals surface area contributed by atoms with Gasteiger partial charge in [0.2, 0.25) is 5.91 Å². The van der Waals surface area contributed by atoms with Crippen molar-refractivity contribution in [1.82, 2.24) is 14.7 Å². The van der Waals surface area contributed by atoms with Crippen LogP contribution in [0.5, 0.6) is 0 Å². The summed E-state index contributed by atoms with van der Waals surface area (Å²) in [6, 6.07) is 1.68. The maximum absolute atomic E-state index is 12.1. The normalized spacial score (nSPS) is 19.1. The van der Waals surface area contributed by atoms with Crippen LogP contribution in [-0.2, 0) is 16.1 Å². The molecule has 0 bridgehead atoms. The van der Waals surface area contributed by atoms with Gasteiger partial charge in [0, 0.05) is 25.9 Å². The standard InChI is InChI=1S/C12H20N4O2/c1-2-15(8-10-4-3-7-18-10)12(17)9-16-6-5-11(13)14-16/h5-6,10H,2-4,7-9H2,1H3,(H2,13,14). The molecule has 0 radical (unpaired) electrons. The molecule has 1 aromatic heterocycles. The first-order valence-corrected chi connectivity index (χ1v) is 6.37. The van der Waals surface area contributed by atoms with Gasteiger partial charge < -0.3 is 15.4 Å². The number of nitrogens with two attached hydrogens (primary N) is 1. The van der Waals surface area contributed by atoms with E-state index in [1.165, 1.54) is 0 Å². The number of amides is 1. The van der Waals surface area contributed by atoms with E-state index in [9.17, 15) is 4.79 Å². The van der Waals surface area contributed by atoms with E-state index in [0.717, 1.165) is 19.4 Å². The topological polar surface area (TPSA) is 73.4 Å². The summed E-state index contributed by atoms with van der Waals surface area (Å²) in [7, 11) is 0. The van der Waals surface area contributed by atoms with Gasteiger partial charge in [-0.1, -0.05) is 0 Å². The van der Waals surface area contributed by atoms with Crippen molar-refractivity contribution in [3.05, 3.63) is 12.3 Å². The Hall–Kier alpha value is -1.56. The fraction of sp³-hybridized carbons (Fsp3) is 0.667. The zero-order valence-electron chi connectivity index (χ0n) is 10.7. The Bertz CT molecular complexity index is 399. The molecule has 2 N–H and O–H groups in total. The summed E-state index contributed by atoms with van der Waals surface area (Å²) < 4.78 is 7.12. The molecule has 1 atom stereocenters. The molecular formula is C12H20N4O2. The van der Waals surface area contributed by atoms with Crippen LogP contribution in [-0.4, -0.2) is 46.4 Å². The molecule has 2 rings (SSSR count). The molecule has 100 valence electrons. The number of carbonyl (C=O) groups is 1. The van der Waals surface area contributed by atoms with E-state index in [0.29, 0.717) is 18.9 Å². The van der Waals surface area contributed by atoms with Gasteiger partial charge in [-0.25, -0.2) is 0 Å². The largest absolute Gasteiger partial charge is 0.382 e. The third-order valence-electron chi connectivity index (χ3n) is 3.14. The van der Waals surface area contributed by atoms with Gasteiger partial charge in [-0.05, 0) is 25.8 Å². The van der Waals surface area contributed by atoms with Crippen molar-refractivity contribution < 1.29 is 9.53 Å². The molecule has 1 aliphatic heterocycles. The lowest BCUT2D eigenvalue weighted by atomic mass is 10.2. The average Bonchev–Trinajstić information content (AvgIpc) is 2.97. The van der Waals surface area contributed by atoms with Crippen LogP contribution in [0.2, 0.25) is 0 Å². The Labute approximate surface area is 107 Å². The van der Waals surface area contributed by atoms with Crippen molar-refractivity contribution in [2.24, 2.45) is 0 Å². The SMILES string of the molecule is CCN(CC1CCCO1)C(=O)Cn1ccc(N)n1. The van der Waals surface area contributed by atoms with Crippen LogP contribution in [0.25, 0.3) is 0 Å². The van der Waals surface area contributed by atoms with Crippen molar-refractivity contribution in [2.45, 2.75) is 32.4 Å². The second-order valence-electron chi connectivity index (χ2n) is 4.51. The molecule has 0 aliphatic carbocycles. The van der Waals surface area contributed by atoms with Crippen molar-refractivity contribution >= 4 is 11.7 Å². The molecule has 1 saturated heterocycles. The van der Waals surface area contributed by atoms with Gasteiger partial charge in [0.05, 0.1) is 6.10 Å². The molecule has 1 unspecified atom stereocenters. The first-order valence-electron chi connectivity index (χ1n) is 6.37. The minimum absolute atomic E-state index is 0.0519. The fourth-order valence-electron chi connectivity index (χ4n) is 2.15. The fourth-order valence-corrected chi connectivity index (χ4v) is 2.15. The first-order chi connectivity index (χ1) is 8.69. The highest BCUT2D eigenvalue weighted by Gasteiger charge is 2.21. The zero-order valence-corrected chi connectivity index (χ0v) is 10.7. The molecule has 6 nitrogen and oxygen atoms in total. The molecule has 1 fully saturated rings. The van der Waals surface area contributed by atoms with Gasteiger partial charge in [0.15, 0.2) is 0 Å². The number of nitrogens with zero attached hydrogens (tertiary/aromatic N) is 3. The molecule has 2 heterocycles. The van der Waals surface area contributed by atoms with E-state index in [4.69, 9.17) is 10.5 Å². The highest BCUT2D eigenvalue weighted by molar-refractivity contribution is 5.75. The summed E-state index contributed by atoms with van der Waals surface area (Å²) in [5, 5.41) is 4.01. The van der Waals surface area contributed by atoms with E-state index in [-0.39, 0.29) is 18.6 Å². The van der Waals surface area contributed by atoms with Crippen LogP contribution in [0.3, 0.4) is 0 Å². The monoisotopic (exact) mass is 252 g/mol. The highest BCUT2D eigenvalue weighted by Crippen LogP contribution is 2.13. The van der Waals surface area contributed by atoms with Gasteiger partial charge in [-0.3, -0.25) is 9.48 Å². The second-order valence-corrected chi connectivity index (χ2v) is 4.51. The summed E-state index contributed by atoms with van der Waals surface area (Å²) in [6.07, 6.45) is 4.04. The Morgan fingerprint density at radius 2 is 2.56 bits per heavy atom. The summed E-state index contributed by atoms with van der Waals surface area (Å²) >= 11 is 0. The number of carbonyl (C=O) groups excluding carboxylic acids is 1. The van der Waals surface area contributed by atoms with Crippen molar-refractivity contribution in [3.63, 3.8) is 0 Å². The number of ether oxygens (including phenoxy) is 1. The Morgan fingerprint density at radius 1 is 1.72 bits per heavy atom. The van der Waals surface area contributed by atoms with Gasteiger partial charge in [-0.2, -0.15) is 5.10 Å². The van der Waals surface area contributed by atoms with Crippen molar-refractivity contribution in [1.29, 1.82) is 0 Å². The Balaban J connectivity index is 1.88. The second kappa shape index (κ2) is 5.86. The maximum atomic E-state index is 12.1. The van der Waals surface area contributed by atoms with E-state index >= 15 is 0 Å². The lowest BCUT2D eigenvalue weighted by Gasteiger charge is -2.23. The molecule has 1 aliphatic rings. The molecule has 0 spiro atoms. The Morgan fingerprint density at radius 3 is 3.11 bits per heavy atom. The van der Waals surface area contributed by atoms with Gasteiger partial charge in [0.25, 0.3) is 0 Å². The number of aromatic nitrogens is 2. The molecular weight excluding hydrogens is 232 g/mol. The summed E-state index contributed by atoms with van der Waals surface area (Å²) in [5.74, 6) is 0.487. The first kappa shape index (κ1) is 12.9. The van der Waals surface area contributed by atoms with Gasteiger partial charge >= 0.3 is 0 Å². The van der Waals surface area contributed by atoms with Gasteiger partial charge in [0.1, 0.15) is 12.4 Å². The van der Waals surface area contributed by atoms with Crippen LogP contribution in [0, 0.1) is 0 Å². The number of rotatable bonds is 5. The summed E-state index contributed by atoms with van der Waals surface area (Å²) in [6.45, 7) is 4.38. The zero-order chi connectivity index (χ0) is 13.0. The maximum Gasteiger partial charge on any atom is 0.244 e. The summed E-state index contributed by atoms with van der Waals surface area (Å²) in [4.78, 5) is 13.9. The number of anilines is 1. The van der Waals surface area contributed by atoms with Gasteiger partial charge in [-0.15, -0.1) is 0 Å². The molecule has 0 saturated carbocycles. The predicted octanol–water partition coefficient (Wildman–Crippen LogP) is 0.493. The number of hydrogen-bond acceptors (Lipinski definition) is 4. The van der Waals surface area contributed by atoms with Crippen LogP contribution in [0.1, 0.15) is 19.8 Å². The number of nitrogen functional groups attached to an aromatic ring is 1. The Kier molecular flexibility index (Phi) is 4.19. The average molecular weight is 252 g/mol. The van der Waals surface area contributed by atoms with Crippen LogP contribution in [0.15, 0.2) is 12.3 Å². The number of hydrogen-bond donors (Lipinski definition) is 1. The quantitative estimate of drug-likeness (QED) is 0.828. The molecule has 18 heavy (non-hydrogen) atoms. The molecule has 1 amide bonds. The van der Waals surface area contributed by atoms with E-state index in [2.05, 4.69) is 5.10 Å². The lowest BCUT2D eigenvalue weighted by molar-refractivity contribution is -0.133. The molecule has 6 heteroatoms. The summed E-state index contributed by atoms with van der Waals surface area (Å²) in [5.41, 5.74) is 5.52. The van der Waals surface area contributed by atoms with Crippen LogP contribution >= 0.6 is 0 Å². The van der Waals surface area contributed by atoms with E-state index in [1.807, 2.05) is 11.8 Å². The van der Waals surface area contributed by atoms with Crippen LogP contribution < -0.4 is 5.73 Å². The minimum Gasteiger partial charge on any atom is -0.382 e. The van der Waals surface area contributed by atoms with E-state index < -0.39 is 0 Å². The minimum atomic E-state index is 0.0519. The molecule has 1 aromatic rings. The molecule has 0 aromatic carbocycles. The van der Waals surface area contributed by atoms with Crippen molar-refractivity contribution in [3.8, 4) is 0 Å².